The number of fused-ring (bicyclic) bond motifs is 4. The van der Waals surface area contributed by atoms with Crippen molar-refractivity contribution in [2.75, 3.05) is 54.4 Å². The number of amides is 2. The Hall–Kier alpha value is -5.11. The van der Waals surface area contributed by atoms with Gasteiger partial charge in [-0.15, -0.1) is 0 Å². The van der Waals surface area contributed by atoms with Crippen molar-refractivity contribution in [2.24, 2.45) is 5.92 Å². The molecule has 7 rings (SSSR count). The third-order valence-electron chi connectivity index (χ3n) is 9.24. The second-order valence-corrected chi connectivity index (χ2v) is 12.2. The highest BCUT2D eigenvalue weighted by atomic mass is 16.2. The predicted octanol–water partition coefficient (Wildman–Crippen LogP) is 5.09. The van der Waals surface area contributed by atoms with Crippen LogP contribution in [-0.4, -0.2) is 60.5 Å². The third kappa shape index (κ3) is 6.13. The number of hydrogen-bond acceptors (Lipinski definition) is 5. The molecule has 1 N–H and O–H groups in total. The van der Waals surface area contributed by atoms with Crippen molar-refractivity contribution >= 4 is 35.0 Å². The average Bonchev–Trinajstić information content (AvgIpc) is 3.08. The van der Waals surface area contributed by atoms with Crippen LogP contribution < -0.4 is 20.7 Å². The molecular formula is C37H37N5O3. The van der Waals surface area contributed by atoms with E-state index in [4.69, 9.17) is 0 Å². The number of hydrogen-bond donors (Lipinski definition) is 1. The van der Waals surface area contributed by atoms with Crippen molar-refractivity contribution in [2.45, 2.75) is 18.9 Å². The van der Waals surface area contributed by atoms with Crippen LogP contribution in [0.4, 0.5) is 17.1 Å². The number of rotatable bonds is 6. The van der Waals surface area contributed by atoms with Crippen LogP contribution in [0.1, 0.15) is 34.0 Å². The van der Waals surface area contributed by atoms with E-state index in [1.54, 1.807) is 12.1 Å². The second-order valence-electron chi connectivity index (χ2n) is 12.2. The monoisotopic (exact) mass is 599 g/mol. The van der Waals surface area contributed by atoms with E-state index in [-0.39, 0.29) is 23.3 Å². The fourth-order valence-corrected chi connectivity index (χ4v) is 7.04. The SMILES string of the molecule is O=C(/C=C/c1ccccc1)Nc1cc(C(=O)N2CCN(c3ccccc3)CC2)ccc1N1CC2CC(C1)c1cccc(=O)n1C2. The molecule has 45 heavy (non-hydrogen) atoms. The topological polar surface area (TPSA) is 77.9 Å². The molecule has 2 saturated heterocycles. The lowest BCUT2D eigenvalue weighted by atomic mass is 9.83. The van der Waals surface area contributed by atoms with Crippen molar-refractivity contribution < 1.29 is 9.59 Å². The molecule has 2 unspecified atom stereocenters. The fraction of sp³-hybridized carbons (Fsp3) is 0.270. The van der Waals surface area contributed by atoms with Gasteiger partial charge in [0, 0.05) is 80.8 Å². The number of aromatic nitrogens is 1. The Morgan fingerprint density at radius 1 is 0.756 bits per heavy atom. The van der Waals surface area contributed by atoms with Gasteiger partial charge < -0.3 is 24.6 Å². The molecular weight excluding hydrogens is 562 g/mol. The lowest BCUT2D eigenvalue weighted by molar-refractivity contribution is -0.111. The summed E-state index contributed by atoms with van der Waals surface area (Å²) in [5, 5.41) is 3.10. The molecule has 3 aliphatic rings. The molecule has 4 aromatic rings. The molecule has 0 radical (unpaired) electrons. The third-order valence-corrected chi connectivity index (χ3v) is 9.24. The first kappa shape index (κ1) is 28.6. The van der Waals surface area contributed by atoms with Crippen molar-refractivity contribution in [3.05, 3.63) is 130 Å². The number of carbonyl (C=O) groups excluding carboxylic acids is 2. The van der Waals surface area contributed by atoms with Gasteiger partial charge in [-0.25, -0.2) is 0 Å². The van der Waals surface area contributed by atoms with Crippen LogP contribution in [0.15, 0.2) is 108 Å². The van der Waals surface area contributed by atoms with E-state index >= 15 is 0 Å². The molecule has 2 amide bonds. The number of piperazine rings is 1. The maximum absolute atomic E-state index is 13.7. The number of para-hydroxylation sites is 1. The van der Waals surface area contributed by atoms with Crippen LogP contribution >= 0.6 is 0 Å². The number of carbonyl (C=O) groups is 2. The summed E-state index contributed by atoms with van der Waals surface area (Å²) in [6, 6.07) is 31.2. The number of anilines is 3. The summed E-state index contributed by atoms with van der Waals surface area (Å²) in [5.41, 5.74) is 5.30. The minimum atomic E-state index is -0.254. The second kappa shape index (κ2) is 12.5. The van der Waals surface area contributed by atoms with Crippen molar-refractivity contribution in [1.29, 1.82) is 0 Å². The molecule has 8 nitrogen and oxygen atoms in total. The fourth-order valence-electron chi connectivity index (χ4n) is 7.04. The Morgan fingerprint density at radius 2 is 1.51 bits per heavy atom. The molecule has 0 spiro atoms. The van der Waals surface area contributed by atoms with Crippen molar-refractivity contribution in [3.8, 4) is 0 Å². The van der Waals surface area contributed by atoms with Crippen molar-refractivity contribution in [1.82, 2.24) is 9.47 Å². The molecule has 2 bridgehead atoms. The van der Waals surface area contributed by atoms with E-state index in [1.807, 2.05) is 82.3 Å². The van der Waals surface area contributed by atoms with Gasteiger partial charge in [0.05, 0.1) is 11.4 Å². The molecule has 1 aromatic heterocycles. The number of pyridine rings is 1. The summed E-state index contributed by atoms with van der Waals surface area (Å²) in [7, 11) is 0. The van der Waals surface area contributed by atoms with E-state index in [0.29, 0.717) is 36.8 Å². The molecule has 2 atom stereocenters. The van der Waals surface area contributed by atoms with Gasteiger partial charge in [0.2, 0.25) is 5.91 Å². The Labute approximate surface area is 263 Å². The molecule has 3 aliphatic heterocycles. The number of piperidine rings is 1. The van der Waals surface area contributed by atoms with Gasteiger partial charge in [0.1, 0.15) is 0 Å². The zero-order valence-corrected chi connectivity index (χ0v) is 25.2. The maximum atomic E-state index is 13.7. The lowest BCUT2D eigenvalue weighted by Crippen LogP contribution is -2.49. The molecule has 0 saturated carbocycles. The largest absolute Gasteiger partial charge is 0.369 e. The number of benzene rings is 3. The van der Waals surface area contributed by atoms with E-state index in [9.17, 15) is 14.4 Å². The van der Waals surface area contributed by atoms with Gasteiger partial charge in [0.15, 0.2) is 0 Å². The molecule has 0 aliphatic carbocycles. The minimum absolute atomic E-state index is 0.0339. The van der Waals surface area contributed by atoms with Crippen molar-refractivity contribution in [3.63, 3.8) is 0 Å². The Balaban J connectivity index is 1.14. The van der Waals surface area contributed by atoms with Gasteiger partial charge in [-0.1, -0.05) is 54.6 Å². The highest BCUT2D eigenvalue weighted by Gasteiger charge is 2.35. The molecule has 228 valence electrons. The van der Waals surface area contributed by atoms with E-state index in [1.165, 1.54) is 11.8 Å². The predicted molar refractivity (Wildman–Crippen MR) is 179 cm³/mol. The number of nitrogens with one attached hydrogen (secondary N) is 1. The zero-order valence-electron chi connectivity index (χ0n) is 25.2. The highest BCUT2D eigenvalue weighted by Crippen LogP contribution is 2.39. The highest BCUT2D eigenvalue weighted by molar-refractivity contribution is 6.05. The minimum Gasteiger partial charge on any atom is -0.369 e. The first-order valence-electron chi connectivity index (χ1n) is 15.7. The molecule has 4 heterocycles. The standard InChI is InChI=1S/C37H37N5O3/c43-35(17-14-27-8-3-1-4-9-27)38-32-23-29(37(45)40-20-18-39(19-21-40)31-10-5-2-6-11-31)15-16-34(32)41-24-28-22-30(26-41)33-12-7-13-36(44)42(33)25-28/h1-17,23,28,30H,18-22,24-26H2,(H,38,43)/b17-14+. The first-order valence-corrected chi connectivity index (χ1v) is 15.7. The summed E-state index contributed by atoms with van der Waals surface area (Å²) in [6.07, 6.45) is 4.35. The van der Waals surface area contributed by atoms with E-state index in [0.717, 1.165) is 49.5 Å². The van der Waals surface area contributed by atoms with Gasteiger partial charge in [-0.05, 0) is 60.4 Å². The van der Waals surface area contributed by atoms with Crippen LogP contribution in [0.25, 0.3) is 6.08 Å². The van der Waals surface area contributed by atoms with Crippen LogP contribution in [0, 0.1) is 5.92 Å². The molecule has 2 fully saturated rings. The van der Waals surface area contributed by atoms with E-state index in [2.05, 4.69) is 33.3 Å². The summed E-state index contributed by atoms with van der Waals surface area (Å²) >= 11 is 0. The van der Waals surface area contributed by atoms with Gasteiger partial charge in [-0.2, -0.15) is 0 Å². The van der Waals surface area contributed by atoms with Crippen LogP contribution in [0.2, 0.25) is 0 Å². The summed E-state index contributed by atoms with van der Waals surface area (Å²) < 4.78 is 1.92. The summed E-state index contributed by atoms with van der Waals surface area (Å²) in [5.74, 6) is 0.249. The van der Waals surface area contributed by atoms with Gasteiger partial charge in [-0.3, -0.25) is 14.4 Å². The van der Waals surface area contributed by atoms with Crippen LogP contribution in [0.5, 0.6) is 0 Å². The normalized spacial score (nSPS) is 19.3. The van der Waals surface area contributed by atoms with Gasteiger partial charge >= 0.3 is 0 Å². The summed E-state index contributed by atoms with van der Waals surface area (Å²) in [4.78, 5) is 46.0. The Kier molecular flexibility index (Phi) is 7.94. The van der Waals surface area contributed by atoms with Gasteiger partial charge in [0.25, 0.3) is 11.5 Å². The van der Waals surface area contributed by atoms with E-state index < -0.39 is 0 Å². The number of nitrogens with zero attached hydrogens (tertiary/aromatic N) is 4. The lowest BCUT2D eigenvalue weighted by Gasteiger charge is -2.44. The van der Waals surface area contributed by atoms with Crippen LogP contribution in [-0.2, 0) is 11.3 Å². The zero-order chi connectivity index (χ0) is 30.8. The first-order chi connectivity index (χ1) is 22.0. The maximum Gasteiger partial charge on any atom is 0.254 e. The smallest absolute Gasteiger partial charge is 0.254 e. The summed E-state index contributed by atoms with van der Waals surface area (Å²) in [6.45, 7) is 4.99. The molecule has 8 heteroatoms. The quantitative estimate of drug-likeness (QED) is 0.313. The Morgan fingerprint density at radius 3 is 2.29 bits per heavy atom. The van der Waals surface area contributed by atoms with Crippen LogP contribution in [0.3, 0.4) is 0 Å². The molecule has 3 aromatic carbocycles. The Bertz CT molecular complexity index is 1780. The average molecular weight is 600 g/mol.